The Balaban J connectivity index is 2.07. The van der Waals surface area contributed by atoms with Crippen molar-refractivity contribution in [2.24, 2.45) is 0 Å². The molecule has 1 aromatic carbocycles. The second kappa shape index (κ2) is 6.72. The first kappa shape index (κ1) is 16.0. The fourth-order valence-electron chi connectivity index (χ4n) is 2.72. The van der Waals surface area contributed by atoms with Crippen LogP contribution in [-0.2, 0) is 13.0 Å². The minimum Gasteiger partial charge on any atom is -0.476 e. The highest BCUT2D eigenvalue weighted by Crippen LogP contribution is 2.27. The van der Waals surface area contributed by atoms with E-state index >= 15 is 0 Å². The van der Waals surface area contributed by atoms with Gasteiger partial charge in [0.25, 0.3) is 0 Å². The largest absolute Gasteiger partial charge is 0.476 e. The Morgan fingerprint density at radius 1 is 1.39 bits per heavy atom. The van der Waals surface area contributed by atoms with Crippen LogP contribution in [0.3, 0.4) is 0 Å². The van der Waals surface area contributed by atoms with Crippen LogP contribution in [0.2, 0.25) is 5.15 Å². The van der Waals surface area contributed by atoms with E-state index in [0.717, 1.165) is 30.7 Å². The van der Waals surface area contributed by atoms with Crippen LogP contribution in [0.5, 0.6) is 0 Å². The fourth-order valence-corrected chi connectivity index (χ4v) is 3.90. The van der Waals surface area contributed by atoms with Crippen LogP contribution in [0, 0.1) is 0 Å². The smallest absolute Gasteiger partial charge is 0.355 e. The molecule has 0 saturated carbocycles. The maximum absolute atomic E-state index is 11.6. The molecule has 0 radical (unpaired) electrons. The summed E-state index contributed by atoms with van der Waals surface area (Å²) in [5.41, 5.74) is 1.16. The van der Waals surface area contributed by atoms with E-state index in [9.17, 15) is 9.90 Å². The summed E-state index contributed by atoms with van der Waals surface area (Å²) in [7, 11) is 0. The van der Waals surface area contributed by atoms with Crippen LogP contribution in [0.4, 0.5) is 0 Å². The highest BCUT2D eigenvalue weighted by atomic mass is 35.5. The Labute approximate surface area is 143 Å². The SMILES string of the molecule is CCCCc1nc(Cl)c(C(=O)O)n1Cc1cccc2ccsc12. The number of benzene rings is 1. The molecule has 0 saturated heterocycles. The molecule has 0 unspecified atom stereocenters. The molecule has 4 nitrogen and oxygen atoms in total. The summed E-state index contributed by atoms with van der Waals surface area (Å²) >= 11 is 7.74. The molecule has 23 heavy (non-hydrogen) atoms. The van der Waals surface area contributed by atoms with E-state index < -0.39 is 5.97 Å². The normalized spacial score (nSPS) is 11.2. The molecular weight excluding hydrogens is 332 g/mol. The van der Waals surface area contributed by atoms with Crippen molar-refractivity contribution in [1.82, 2.24) is 9.55 Å². The van der Waals surface area contributed by atoms with Crippen molar-refractivity contribution in [1.29, 1.82) is 0 Å². The van der Waals surface area contributed by atoms with E-state index in [1.807, 2.05) is 17.5 Å². The first-order chi connectivity index (χ1) is 11.1. The number of hydrogen-bond donors (Lipinski definition) is 1. The number of carboxylic acids is 1. The average Bonchev–Trinajstić information content (AvgIpc) is 3.10. The number of aromatic nitrogens is 2. The predicted molar refractivity (Wildman–Crippen MR) is 93.7 cm³/mol. The zero-order valence-corrected chi connectivity index (χ0v) is 14.3. The molecule has 1 N–H and O–H groups in total. The number of rotatable bonds is 6. The van der Waals surface area contributed by atoms with Crippen molar-refractivity contribution in [3.8, 4) is 0 Å². The third kappa shape index (κ3) is 3.12. The summed E-state index contributed by atoms with van der Waals surface area (Å²) < 4.78 is 2.92. The van der Waals surface area contributed by atoms with Crippen LogP contribution in [0.15, 0.2) is 29.6 Å². The van der Waals surface area contributed by atoms with Crippen LogP contribution >= 0.6 is 22.9 Å². The van der Waals surface area contributed by atoms with Crippen molar-refractivity contribution in [2.45, 2.75) is 32.7 Å². The van der Waals surface area contributed by atoms with Crippen molar-refractivity contribution in [3.63, 3.8) is 0 Å². The lowest BCUT2D eigenvalue weighted by Gasteiger charge is -2.11. The molecule has 0 spiro atoms. The molecule has 3 rings (SSSR count). The van der Waals surface area contributed by atoms with Crippen molar-refractivity contribution >= 4 is 39.0 Å². The van der Waals surface area contributed by atoms with Gasteiger partial charge in [0.05, 0.1) is 6.54 Å². The van der Waals surface area contributed by atoms with Crippen LogP contribution in [-0.4, -0.2) is 20.6 Å². The van der Waals surface area contributed by atoms with Gasteiger partial charge in [-0.25, -0.2) is 9.78 Å². The Kier molecular flexibility index (Phi) is 4.68. The lowest BCUT2D eigenvalue weighted by Crippen LogP contribution is -2.13. The maximum atomic E-state index is 11.6. The summed E-state index contributed by atoms with van der Waals surface area (Å²) in [5, 5.41) is 12.8. The number of unbranched alkanes of at least 4 members (excludes halogenated alkanes) is 1. The number of imidazole rings is 1. The van der Waals surface area contributed by atoms with Gasteiger partial charge in [0.15, 0.2) is 10.8 Å². The van der Waals surface area contributed by atoms with Crippen molar-refractivity contribution < 1.29 is 9.90 Å². The number of aromatic carboxylic acids is 1. The highest BCUT2D eigenvalue weighted by molar-refractivity contribution is 7.17. The molecule has 3 aromatic rings. The average molecular weight is 349 g/mol. The number of hydrogen-bond acceptors (Lipinski definition) is 3. The topological polar surface area (TPSA) is 55.1 Å². The van der Waals surface area contributed by atoms with E-state index in [1.165, 1.54) is 10.1 Å². The van der Waals surface area contributed by atoms with Crippen LogP contribution < -0.4 is 0 Å². The lowest BCUT2D eigenvalue weighted by molar-refractivity contribution is 0.0685. The van der Waals surface area contributed by atoms with Gasteiger partial charge < -0.3 is 9.67 Å². The van der Waals surface area contributed by atoms with Gasteiger partial charge in [-0.1, -0.05) is 43.1 Å². The quantitative estimate of drug-likeness (QED) is 0.693. The van der Waals surface area contributed by atoms with E-state index in [2.05, 4.69) is 24.0 Å². The first-order valence-corrected chi connectivity index (χ1v) is 8.81. The van der Waals surface area contributed by atoms with Gasteiger partial charge in [0.1, 0.15) is 5.82 Å². The van der Waals surface area contributed by atoms with Gasteiger partial charge in [-0.15, -0.1) is 11.3 Å². The third-order valence-corrected chi connectivity index (χ3v) is 5.12. The van der Waals surface area contributed by atoms with E-state index in [0.29, 0.717) is 6.54 Å². The highest BCUT2D eigenvalue weighted by Gasteiger charge is 2.21. The zero-order chi connectivity index (χ0) is 16.4. The third-order valence-electron chi connectivity index (χ3n) is 3.85. The monoisotopic (exact) mass is 348 g/mol. The predicted octanol–water partition coefficient (Wildman–Crippen LogP) is 4.84. The Bertz CT molecular complexity index is 854. The maximum Gasteiger partial charge on any atom is 0.355 e. The molecule has 0 amide bonds. The second-order valence-electron chi connectivity index (χ2n) is 5.42. The number of nitrogens with zero attached hydrogens (tertiary/aromatic N) is 2. The molecule has 0 aliphatic rings. The van der Waals surface area contributed by atoms with Crippen molar-refractivity contribution in [2.75, 3.05) is 0 Å². The standard InChI is InChI=1S/C17H17ClN2O2S/c1-2-3-7-13-19-16(18)14(17(21)22)20(13)10-12-6-4-5-11-8-9-23-15(11)12/h4-6,8-9H,2-3,7,10H2,1H3,(H,21,22). The Hall–Kier alpha value is -1.85. The number of carboxylic acid groups (broad SMARTS) is 1. The molecule has 0 fully saturated rings. The summed E-state index contributed by atoms with van der Waals surface area (Å²) in [5.74, 6) is -0.300. The number of aryl methyl sites for hydroxylation is 1. The Morgan fingerprint density at radius 3 is 2.96 bits per heavy atom. The number of carbonyl (C=O) groups is 1. The number of fused-ring (bicyclic) bond motifs is 1. The lowest BCUT2D eigenvalue weighted by atomic mass is 10.1. The van der Waals surface area contributed by atoms with Gasteiger partial charge in [-0.2, -0.15) is 0 Å². The fraction of sp³-hybridized carbons (Fsp3) is 0.294. The second-order valence-corrected chi connectivity index (χ2v) is 6.69. The van der Waals surface area contributed by atoms with Gasteiger partial charge in [0, 0.05) is 11.1 Å². The summed E-state index contributed by atoms with van der Waals surface area (Å²) in [4.78, 5) is 15.9. The molecule has 120 valence electrons. The van der Waals surface area contributed by atoms with Gasteiger partial charge in [-0.3, -0.25) is 0 Å². The van der Waals surface area contributed by atoms with Gasteiger partial charge in [0.2, 0.25) is 0 Å². The zero-order valence-electron chi connectivity index (χ0n) is 12.8. The van der Waals surface area contributed by atoms with Crippen LogP contribution in [0.1, 0.15) is 41.6 Å². The van der Waals surface area contributed by atoms with Crippen LogP contribution in [0.25, 0.3) is 10.1 Å². The minimum absolute atomic E-state index is 0.0713. The molecule has 2 heterocycles. The molecule has 0 bridgehead atoms. The van der Waals surface area contributed by atoms with E-state index in [4.69, 9.17) is 11.6 Å². The van der Waals surface area contributed by atoms with Crippen molar-refractivity contribution in [3.05, 3.63) is 51.9 Å². The molecule has 0 aliphatic carbocycles. The van der Waals surface area contributed by atoms with Gasteiger partial charge in [-0.05, 0) is 28.8 Å². The Morgan fingerprint density at radius 2 is 2.22 bits per heavy atom. The summed E-state index contributed by atoms with van der Waals surface area (Å²) in [6.45, 7) is 2.57. The summed E-state index contributed by atoms with van der Waals surface area (Å²) in [6, 6.07) is 8.16. The summed E-state index contributed by atoms with van der Waals surface area (Å²) in [6.07, 6.45) is 2.70. The molecular formula is C17H17ClN2O2S. The van der Waals surface area contributed by atoms with E-state index in [1.54, 1.807) is 15.9 Å². The molecule has 0 aliphatic heterocycles. The van der Waals surface area contributed by atoms with Gasteiger partial charge >= 0.3 is 5.97 Å². The minimum atomic E-state index is -1.04. The molecule has 2 aromatic heterocycles. The molecule has 6 heteroatoms. The number of thiophene rings is 1. The van der Waals surface area contributed by atoms with E-state index in [-0.39, 0.29) is 10.8 Å². The number of halogens is 1. The molecule has 0 atom stereocenters. The first-order valence-electron chi connectivity index (χ1n) is 7.55.